The summed E-state index contributed by atoms with van der Waals surface area (Å²) in [5.41, 5.74) is 8.79. The quantitative estimate of drug-likeness (QED) is 0.529. The average molecular weight is 495 g/mol. The van der Waals surface area contributed by atoms with E-state index in [1.54, 1.807) is 0 Å². The van der Waals surface area contributed by atoms with Crippen molar-refractivity contribution in [1.29, 1.82) is 0 Å². The molecule has 3 aliphatic rings. The molecule has 6 rings (SSSR count). The highest BCUT2D eigenvalue weighted by molar-refractivity contribution is 5.92. The van der Waals surface area contributed by atoms with Gasteiger partial charge in [0.2, 0.25) is 0 Å². The van der Waals surface area contributed by atoms with Crippen LogP contribution in [-0.4, -0.2) is 53.7 Å². The molecule has 3 aromatic rings. The molecule has 4 heterocycles. The zero-order valence-corrected chi connectivity index (χ0v) is 21.7. The Morgan fingerprint density at radius 3 is 2.59 bits per heavy atom. The molecular formula is C31H34N4O2. The Kier molecular flexibility index (Phi) is 6.21. The number of rotatable bonds is 5. The Labute approximate surface area is 218 Å². The molecule has 190 valence electrons. The molecule has 1 atom stereocenters. The highest BCUT2D eigenvalue weighted by Crippen LogP contribution is 2.40. The van der Waals surface area contributed by atoms with Gasteiger partial charge in [-0.2, -0.15) is 0 Å². The molecule has 3 aliphatic heterocycles. The Morgan fingerprint density at radius 2 is 1.78 bits per heavy atom. The SMILES string of the molecule is Cc1ccc2c(N3CCN(CCc4cccc5c4CCC4=C(C(=O)O)[C@H](C)C=CN45)CC3)cccc2n1. The van der Waals surface area contributed by atoms with E-state index in [-0.39, 0.29) is 5.92 Å². The van der Waals surface area contributed by atoms with Crippen molar-refractivity contribution in [2.45, 2.75) is 33.1 Å². The van der Waals surface area contributed by atoms with Gasteiger partial charge in [0.1, 0.15) is 0 Å². The summed E-state index contributed by atoms with van der Waals surface area (Å²) in [5, 5.41) is 11.0. The van der Waals surface area contributed by atoms with E-state index in [2.05, 4.69) is 69.4 Å². The minimum Gasteiger partial charge on any atom is -0.478 e. The lowest BCUT2D eigenvalue weighted by molar-refractivity contribution is -0.133. The molecule has 0 radical (unpaired) electrons. The second kappa shape index (κ2) is 9.67. The first-order valence-corrected chi connectivity index (χ1v) is 13.4. The summed E-state index contributed by atoms with van der Waals surface area (Å²) in [7, 11) is 0. The molecule has 0 unspecified atom stereocenters. The van der Waals surface area contributed by atoms with Gasteiger partial charge in [0.25, 0.3) is 0 Å². The van der Waals surface area contributed by atoms with Crippen molar-refractivity contribution >= 4 is 28.2 Å². The molecule has 1 aromatic heterocycles. The maximum atomic E-state index is 11.9. The van der Waals surface area contributed by atoms with Crippen LogP contribution in [0.2, 0.25) is 0 Å². The molecule has 0 saturated carbocycles. The van der Waals surface area contributed by atoms with Crippen LogP contribution >= 0.6 is 0 Å². The lowest BCUT2D eigenvalue weighted by Gasteiger charge is -2.38. The van der Waals surface area contributed by atoms with Gasteiger partial charge in [-0.25, -0.2) is 4.79 Å². The Bertz CT molecular complexity index is 1420. The molecule has 0 amide bonds. The molecule has 1 fully saturated rings. The summed E-state index contributed by atoms with van der Waals surface area (Å²) < 4.78 is 0. The third-order valence-electron chi connectivity index (χ3n) is 8.19. The molecule has 6 nitrogen and oxygen atoms in total. The lowest BCUT2D eigenvalue weighted by Crippen LogP contribution is -2.47. The summed E-state index contributed by atoms with van der Waals surface area (Å²) in [6.45, 7) is 9.18. The maximum absolute atomic E-state index is 11.9. The molecule has 2 aromatic carbocycles. The summed E-state index contributed by atoms with van der Waals surface area (Å²) in [6.07, 6.45) is 6.76. The summed E-state index contributed by atoms with van der Waals surface area (Å²) >= 11 is 0. The first-order valence-electron chi connectivity index (χ1n) is 13.4. The van der Waals surface area contributed by atoms with E-state index in [1.807, 2.05) is 19.9 Å². The van der Waals surface area contributed by atoms with Crippen molar-refractivity contribution in [1.82, 2.24) is 9.88 Å². The van der Waals surface area contributed by atoms with Crippen LogP contribution in [0.25, 0.3) is 10.9 Å². The number of aliphatic carboxylic acids is 1. The topological polar surface area (TPSA) is 59.9 Å². The number of carboxylic acid groups (broad SMARTS) is 1. The smallest absolute Gasteiger partial charge is 0.333 e. The van der Waals surface area contributed by atoms with Crippen LogP contribution in [0, 0.1) is 12.8 Å². The summed E-state index contributed by atoms with van der Waals surface area (Å²) in [5.74, 6) is -0.855. The second-order valence-corrected chi connectivity index (χ2v) is 10.5. The Morgan fingerprint density at radius 1 is 1.00 bits per heavy atom. The fraction of sp³-hybridized carbons (Fsp3) is 0.355. The molecular weight excluding hydrogens is 460 g/mol. The number of benzene rings is 2. The third-order valence-corrected chi connectivity index (χ3v) is 8.19. The minimum absolute atomic E-state index is 0.0543. The van der Waals surface area contributed by atoms with Crippen LogP contribution in [0.3, 0.4) is 0 Å². The van der Waals surface area contributed by atoms with Crippen LogP contribution in [0.4, 0.5) is 11.4 Å². The van der Waals surface area contributed by atoms with Gasteiger partial charge in [0.05, 0.1) is 11.1 Å². The van der Waals surface area contributed by atoms with Gasteiger partial charge in [-0.3, -0.25) is 9.88 Å². The van der Waals surface area contributed by atoms with E-state index in [0.717, 1.165) is 74.6 Å². The van der Waals surface area contributed by atoms with Crippen molar-refractivity contribution in [3.8, 4) is 0 Å². The average Bonchev–Trinajstić information content (AvgIpc) is 2.91. The van der Waals surface area contributed by atoms with Crippen molar-refractivity contribution in [2.75, 3.05) is 42.5 Å². The number of hydrogen-bond donors (Lipinski definition) is 1. The van der Waals surface area contributed by atoms with E-state index in [0.29, 0.717) is 5.57 Å². The number of anilines is 2. The predicted octanol–water partition coefficient (Wildman–Crippen LogP) is 5.16. The van der Waals surface area contributed by atoms with E-state index < -0.39 is 5.97 Å². The first kappa shape index (κ1) is 23.7. The third kappa shape index (κ3) is 4.40. The largest absolute Gasteiger partial charge is 0.478 e. The van der Waals surface area contributed by atoms with Crippen molar-refractivity contribution in [3.05, 3.63) is 88.9 Å². The highest BCUT2D eigenvalue weighted by atomic mass is 16.4. The molecule has 6 heteroatoms. The predicted molar refractivity (Wildman–Crippen MR) is 149 cm³/mol. The van der Waals surface area contributed by atoms with Crippen molar-refractivity contribution in [2.24, 2.45) is 5.92 Å². The normalized spacial score (nSPS) is 19.8. The van der Waals surface area contributed by atoms with E-state index in [1.165, 1.54) is 22.2 Å². The van der Waals surface area contributed by atoms with Crippen LogP contribution in [0.5, 0.6) is 0 Å². The van der Waals surface area contributed by atoms with Crippen LogP contribution < -0.4 is 9.80 Å². The number of hydrogen-bond acceptors (Lipinski definition) is 5. The van der Waals surface area contributed by atoms with Crippen LogP contribution in [0.1, 0.15) is 30.2 Å². The number of aromatic nitrogens is 1. The molecule has 1 saturated heterocycles. The second-order valence-electron chi connectivity index (χ2n) is 10.5. The fourth-order valence-corrected chi connectivity index (χ4v) is 6.21. The van der Waals surface area contributed by atoms with E-state index in [4.69, 9.17) is 4.98 Å². The van der Waals surface area contributed by atoms with Crippen molar-refractivity contribution in [3.63, 3.8) is 0 Å². The first-order chi connectivity index (χ1) is 18.0. The van der Waals surface area contributed by atoms with Gasteiger partial charge >= 0.3 is 5.97 Å². The monoisotopic (exact) mass is 494 g/mol. The number of carboxylic acids is 1. The molecule has 1 N–H and O–H groups in total. The molecule has 0 spiro atoms. The summed E-state index contributed by atoms with van der Waals surface area (Å²) in [4.78, 5) is 23.8. The van der Waals surface area contributed by atoms with Gasteiger partial charge in [-0.05, 0) is 67.6 Å². The van der Waals surface area contributed by atoms with Crippen LogP contribution in [0.15, 0.2) is 72.1 Å². The van der Waals surface area contributed by atoms with Gasteiger partial charge in [-0.15, -0.1) is 0 Å². The molecule has 37 heavy (non-hydrogen) atoms. The van der Waals surface area contributed by atoms with Crippen molar-refractivity contribution < 1.29 is 9.90 Å². The number of aryl methyl sites for hydroxylation is 1. The molecule has 0 bridgehead atoms. The highest BCUT2D eigenvalue weighted by Gasteiger charge is 2.31. The molecule has 0 aliphatic carbocycles. The van der Waals surface area contributed by atoms with Gasteiger partial charge in [-0.1, -0.05) is 31.2 Å². The van der Waals surface area contributed by atoms with Gasteiger partial charge in [0, 0.05) is 73.0 Å². The minimum atomic E-state index is -0.800. The number of nitrogens with zero attached hydrogens (tertiary/aromatic N) is 4. The fourth-order valence-electron chi connectivity index (χ4n) is 6.21. The summed E-state index contributed by atoms with van der Waals surface area (Å²) in [6, 6.07) is 17.3. The number of piperazine rings is 1. The van der Waals surface area contributed by atoms with E-state index >= 15 is 0 Å². The zero-order valence-electron chi connectivity index (χ0n) is 21.7. The lowest BCUT2D eigenvalue weighted by atomic mass is 9.87. The standard InChI is InChI=1S/C31H34N4O2/c1-21-13-16-35-28-8-3-5-23(24(28)11-12-29(35)30(21)31(36)37)14-15-33-17-19-34(20-18-33)27-7-4-6-26-25(27)10-9-22(2)32-26/h3-10,13,16,21H,11-12,14-15,17-20H2,1-2H3,(H,36,37)/t21-/m1/s1. The van der Waals surface area contributed by atoms with Gasteiger partial charge in [0.15, 0.2) is 0 Å². The van der Waals surface area contributed by atoms with Crippen LogP contribution in [-0.2, 0) is 17.6 Å². The Balaban J connectivity index is 1.13. The maximum Gasteiger partial charge on any atom is 0.333 e. The number of allylic oxidation sites excluding steroid dienone is 2. The number of fused-ring (bicyclic) bond motifs is 4. The number of pyridine rings is 1. The Hall–Kier alpha value is -3.64. The van der Waals surface area contributed by atoms with E-state index in [9.17, 15) is 9.90 Å². The number of carbonyl (C=O) groups is 1. The van der Waals surface area contributed by atoms with Gasteiger partial charge < -0.3 is 14.9 Å². The zero-order chi connectivity index (χ0) is 25.5.